The first-order valence-electron chi connectivity index (χ1n) is 7.54. The molecule has 3 nitrogen and oxygen atoms in total. The molecule has 1 aromatic rings. The molecule has 0 saturated heterocycles. The van der Waals surface area contributed by atoms with Crippen LogP contribution >= 0.6 is 23.2 Å². The number of benzene rings is 1. The Labute approximate surface area is 136 Å². The maximum Gasteiger partial charge on any atom is 0.255 e. The number of nitrogens with zero attached hydrogens (tertiary/aromatic N) is 1. The Kier molecular flexibility index (Phi) is 5.91. The van der Waals surface area contributed by atoms with Gasteiger partial charge in [-0.3, -0.25) is 4.79 Å². The van der Waals surface area contributed by atoms with Crippen molar-refractivity contribution in [2.45, 2.75) is 38.6 Å². The summed E-state index contributed by atoms with van der Waals surface area (Å²) >= 11 is 12.1. The van der Waals surface area contributed by atoms with Gasteiger partial charge < -0.3 is 10.6 Å². The van der Waals surface area contributed by atoms with E-state index in [0.717, 1.165) is 19.3 Å². The van der Waals surface area contributed by atoms with Crippen LogP contribution in [0.3, 0.4) is 0 Å². The minimum atomic E-state index is -0.0236. The van der Waals surface area contributed by atoms with Gasteiger partial charge in [0, 0.05) is 17.6 Å². The highest BCUT2D eigenvalue weighted by Crippen LogP contribution is 2.30. The smallest absolute Gasteiger partial charge is 0.255 e. The number of carbonyl (C=O) groups is 1. The molecular formula is C16H22Cl2N2O. The second kappa shape index (κ2) is 7.48. The maximum atomic E-state index is 12.8. The summed E-state index contributed by atoms with van der Waals surface area (Å²) in [6.45, 7) is 3.30. The maximum absolute atomic E-state index is 12.8. The SMILES string of the molecule is CCN(C(=O)c1ccc(Cl)cc1Cl)C1CCCCC1CN. The van der Waals surface area contributed by atoms with Crippen molar-refractivity contribution in [2.24, 2.45) is 11.7 Å². The minimum Gasteiger partial charge on any atom is -0.336 e. The van der Waals surface area contributed by atoms with Crippen molar-refractivity contribution in [1.29, 1.82) is 0 Å². The number of amides is 1. The largest absolute Gasteiger partial charge is 0.336 e. The number of nitrogens with two attached hydrogens (primary N) is 1. The summed E-state index contributed by atoms with van der Waals surface area (Å²) < 4.78 is 0. The predicted octanol–water partition coefficient (Wildman–Crippen LogP) is 3.97. The van der Waals surface area contributed by atoms with Gasteiger partial charge in [-0.25, -0.2) is 0 Å². The van der Waals surface area contributed by atoms with Crippen molar-refractivity contribution in [3.8, 4) is 0 Å². The van der Waals surface area contributed by atoms with Gasteiger partial charge in [0.15, 0.2) is 0 Å². The van der Waals surface area contributed by atoms with Crippen molar-refractivity contribution in [2.75, 3.05) is 13.1 Å². The lowest BCUT2D eigenvalue weighted by Crippen LogP contribution is -2.48. The van der Waals surface area contributed by atoms with Gasteiger partial charge in [0.2, 0.25) is 0 Å². The van der Waals surface area contributed by atoms with Crippen LogP contribution < -0.4 is 5.73 Å². The molecule has 0 bridgehead atoms. The van der Waals surface area contributed by atoms with Gasteiger partial charge in [-0.15, -0.1) is 0 Å². The Balaban J connectivity index is 2.25. The molecule has 2 atom stereocenters. The zero-order valence-electron chi connectivity index (χ0n) is 12.3. The van der Waals surface area contributed by atoms with Gasteiger partial charge in [-0.05, 0) is 50.4 Å². The molecule has 21 heavy (non-hydrogen) atoms. The number of hydrogen-bond donors (Lipinski definition) is 1. The topological polar surface area (TPSA) is 46.3 Å². The standard InChI is InChI=1S/C16H22Cl2N2O/c1-2-20(15-6-4-3-5-11(15)10-19)16(21)13-8-7-12(17)9-14(13)18/h7-9,11,15H,2-6,10,19H2,1H3. The highest BCUT2D eigenvalue weighted by Gasteiger charge is 2.32. The normalized spacial score (nSPS) is 22.1. The summed E-state index contributed by atoms with van der Waals surface area (Å²) in [7, 11) is 0. The van der Waals surface area contributed by atoms with Crippen molar-refractivity contribution in [1.82, 2.24) is 4.90 Å². The number of rotatable bonds is 4. The van der Waals surface area contributed by atoms with E-state index in [-0.39, 0.29) is 11.9 Å². The molecule has 0 heterocycles. The molecule has 0 spiro atoms. The Morgan fingerprint density at radius 1 is 1.33 bits per heavy atom. The first kappa shape index (κ1) is 16.6. The Hall–Kier alpha value is -0.770. The van der Waals surface area contributed by atoms with E-state index in [1.54, 1.807) is 18.2 Å². The van der Waals surface area contributed by atoms with Gasteiger partial charge in [0.25, 0.3) is 5.91 Å². The van der Waals surface area contributed by atoms with Crippen LogP contribution in [0, 0.1) is 5.92 Å². The summed E-state index contributed by atoms with van der Waals surface area (Å²) in [5.74, 6) is 0.359. The van der Waals surface area contributed by atoms with E-state index in [1.807, 2.05) is 11.8 Å². The molecule has 1 amide bonds. The lowest BCUT2D eigenvalue weighted by atomic mass is 9.83. The van der Waals surface area contributed by atoms with Crippen LogP contribution in [0.25, 0.3) is 0 Å². The third kappa shape index (κ3) is 3.71. The van der Waals surface area contributed by atoms with Crippen molar-refractivity contribution in [3.05, 3.63) is 33.8 Å². The molecule has 0 radical (unpaired) electrons. The number of carbonyl (C=O) groups excluding carboxylic acids is 1. The Morgan fingerprint density at radius 3 is 2.67 bits per heavy atom. The molecule has 1 aromatic carbocycles. The molecule has 5 heteroatoms. The van der Waals surface area contributed by atoms with Crippen molar-refractivity contribution < 1.29 is 4.79 Å². The third-order valence-electron chi connectivity index (χ3n) is 4.34. The molecule has 116 valence electrons. The predicted molar refractivity (Wildman–Crippen MR) is 88.0 cm³/mol. The first-order chi connectivity index (χ1) is 10.1. The molecule has 0 aromatic heterocycles. The second-order valence-corrected chi connectivity index (χ2v) is 6.41. The number of halogens is 2. The molecule has 0 aliphatic heterocycles. The van der Waals surface area contributed by atoms with Gasteiger partial charge >= 0.3 is 0 Å². The molecular weight excluding hydrogens is 307 g/mol. The van der Waals surface area contributed by atoms with E-state index >= 15 is 0 Å². The van der Waals surface area contributed by atoms with Crippen LogP contribution in [0.4, 0.5) is 0 Å². The zero-order valence-corrected chi connectivity index (χ0v) is 13.8. The molecule has 2 N–H and O–H groups in total. The summed E-state index contributed by atoms with van der Waals surface area (Å²) in [6, 6.07) is 5.24. The van der Waals surface area contributed by atoms with E-state index < -0.39 is 0 Å². The Bertz CT molecular complexity index is 507. The average Bonchev–Trinajstić information content (AvgIpc) is 2.48. The third-order valence-corrected chi connectivity index (χ3v) is 4.88. The summed E-state index contributed by atoms with van der Waals surface area (Å²) in [6.07, 6.45) is 4.47. The van der Waals surface area contributed by atoms with Crippen LogP contribution in [0.5, 0.6) is 0 Å². The molecule has 2 unspecified atom stereocenters. The summed E-state index contributed by atoms with van der Waals surface area (Å²) in [5.41, 5.74) is 6.41. The molecule has 1 saturated carbocycles. The van der Waals surface area contributed by atoms with Crippen LogP contribution in [-0.4, -0.2) is 29.9 Å². The van der Waals surface area contributed by atoms with Crippen LogP contribution in [-0.2, 0) is 0 Å². The zero-order chi connectivity index (χ0) is 15.4. The van der Waals surface area contributed by atoms with Crippen molar-refractivity contribution >= 4 is 29.1 Å². The fourth-order valence-electron chi connectivity index (χ4n) is 3.22. The fourth-order valence-corrected chi connectivity index (χ4v) is 3.71. The molecule has 1 aliphatic rings. The van der Waals surface area contributed by atoms with E-state index in [2.05, 4.69) is 0 Å². The van der Waals surface area contributed by atoms with E-state index in [1.165, 1.54) is 6.42 Å². The van der Waals surface area contributed by atoms with Gasteiger partial charge in [-0.1, -0.05) is 36.0 Å². The van der Waals surface area contributed by atoms with Crippen LogP contribution in [0.2, 0.25) is 10.0 Å². The van der Waals surface area contributed by atoms with E-state index in [4.69, 9.17) is 28.9 Å². The summed E-state index contributed by atoms with van der Waals surface area (Å²) in [5, 5.41) is 0.947. The van der Waals surface area contributed by atoms with Gasteiger partial charge in [0.1, 0.15) is 0 Å². The quantitative estimate of drug-likeness (QED) is 0.908. The monoisotopic (exact) mass is 328 g/mol. The number of hydrogen-bond acceptors (Lipinski definition) is 2. The van der Waals surface area contributed by atoms with Crippen LogP contribution in [0.15, 0.2) is 18.2 Å². The first-order valence-corrected chi connectivity index (χ1v) is 8.30. The second-order valence-electron chi connectivity index (χ2n) is 5.56. The molecule has 2 rings (SSSR count). The fraction of sp³-hybridized carbons (Fsp3) is 0.562. The molecule has 1 aliphatic carbocycles. The Morgan fingerprint density at radius 2 is 2.05 bits per heavy atom. The summed E-state index contributed by atoms with van der Waals surface area (Å²) in [4.78, 5) is 14.7. The van der Waals surface area contributed by atoms with E-state index in [9.17, 15) is 4.79 Å². The van der Waals surface area contributed by atoms with E-state index in [0.29, 0.717) is 34.6 Å². The molecule has 1 fully saturated rings. The lowest BCUT2D eigenvalue weighted by molar-refractivity contribution is 0.0560. The van der Waals surface area contributed by atoms with Gasteiger partial charge in [0.05, 0.1) is 10.6 Å². The van der Waals surface area contributed by atoms with Gasteiger partial charge in [-0.2, -0.15) is 0 Å². The average molecular weight is 329 g/mol. The lowest BCUT2D eigenvalue weighted by Gasteiger charge is -2.39. The van der Waals surface area contributed by atoms with Crippen molar-refractivity contribution in [3.63, 3.8) is 0 Å². The minimum absolute atomic E-state index is 0.0236. The van der Waals surface area contributed by atoms with Crippen LogP contribution in [0.1, 0.15) is 43.0 Å². The highest BCUT2D eigenvalue weighted by molar-refractivity contribution is 6.36. The highest BCUT2D eigenvalue weighted by atomic mass is 35.5.